The Balaban J connectivity index is 2.50. The van der Waals surface area contributed by atoms with Crippen molar-refractivity contribution in [3.8, 4) is 0 Å². The highest BCUT2D eigenvalue weighted by Gasteiger charge is 2.19. The molecule has 0 aliphatic rings. The molecule has 0 radical (unpaired) electrons. The summed E-state index contributed by atoms with van der Waals surface area (Å²) in [5.41, 5.74) is 6.74. The lowest BCUT2D eigenvalue weighted by Crippen LogP contribution is -2.15. The maximum atomic E-state index is 13.8. The lowest BCUT2D eigenvalue weighted by molar-refractivity contribution is 0.489. The van der Waals surface area contributed by atoms with E-state index in [1.54, 1.807) is 6.07 Å². The molecular weight excluding hydrogens is 258 g/mol. The zero-order valence-electron chi connectivity index (χ0n) is 9.62. The zero-order chi connectivity index (χ0) is 13.3. The van der Waals surface area contributed by atoms with Crippen LogP contribution in [0.25, 0.3) is 0 Å². The van der Waals surface area contributed by atoms with E-state index in [0.717, 1.165) is 0 Å². The molecule has 2 rings (SSSR count). The van der Waals surface area contributed by atoms with Crippen LogP contribution in [0, 0.1) is 18.6 Å². The highest BCUT2D eigenvalue weighted by Crippen LogP contribution is 2.28. The molecule has 0 saturated heterocycles. The Morgan fingerprint density at radius 1 is 1.17 bits per heavy atom. The predicted octanol–water partition coefficient (Wildman–Crippen LogP) is 3.37. The molecule has 1 atom stereocenters. The number of pyridine rings is 1. The number of benzene rings is 1. The molecule has 0 aliphatic heterocycles. The van der Waals surface area contributed by atoms with Crippen molar-refractivity contribution in [2.24, 2.45) is 5.73 Å². The molecule has 0 fully saturated rings. The van der Waals surface area contributed by atoms with Gasteiger partial charge in [0, 0.05) is 18.0 Å². The van der Waals surface area contributed by atoms with Gasteiger partial charge >= 0.3 is 0 Å². The Morgan fingerprint density at radius 3 is 2.56 bits per heavy atom. The fraction of sp³-hybridized carbons (Fsp3) is 0.154. The van der Waals surface area contributed by atoms with Gasteiger partial charge in [-0.3, -0.25) is 4.98 Å². The molecule has 94 valence electrons. The molecule has 2 N–H and O–H groups in total. The Labute approximate surface area is 108 Å². The van der Waals surface area contributed by atoms with Gasteiger partial charge in [0.05, 0.1) is 11.1 Å². The van der Waals surface area contributed by atoms with Crippen molar-refractivity contribution in [3.63, 3.8) is 0 Å². The summed E-state index contributed by atoms with van der Waals surface area (Å²) < 4.78 is 27.3. The summed E-state index contributed by atoms with van der Waals surface area (Å²) in [6.45, 7) is 1.49. The van der Waals surface area contributed by atoms with Gasteiger partial charge in [-0.05, 0) is 24.1 Å². The fourth-order valence-corrected chi connectivity index (χ4v) is 1.94. The quantitative estimate of drug-likeness (QED) is 0.907. The fourth-order valence-electron chi connectivity index (χ4n) is 1.71. The average Bonchev–Trinajstić information content (AvgIpc) is 2.36. The summed E-state index contributed by atoms with van der Waals surface area (Å²) in [6.07, 6.45) is 2.92. The molecule has 1 aromatic heterocycles. The number of nitrogens with two attached hydrogens (primary N) is 1. The minimum absolute atomic E-state index is 0.0752. The van der Waals surface area contributed by atoms with Gasteiger partial charge in [-0.15, -0.1) is 0 Å². The minimum Gasteiger partial charge on any atom is -0.320 e. The highest BCUT2D eigenvalue weighted by atomic mass is 35.5. The number of nitrogens with zero attached hydrogens (tertiary/aromatic N) is 1. The van der Waals surface area contributed by atoms with Crippen LogP contribution >= 0.6 is 11.6 Å². The first-order valence-corrected chi connectivity index (χ1v) is 5.69. The van der Waals surface area contributed by atoms with E-state index >= 15 is 0 Å². The summed E-state index contributed by atoms with van der Waals surface area (Å²) in [5, 5.41) is 0.324. The third-order valence-electron chi connectivity index (χ3n) is 2.78. The number of aromatic nitrogens is 1. The molecule has 0 spiro atoms. The van der Waals surface area contributed by atoms with E-state index in [1.807, 2.05) is 0 Å². The van der Waals surface area contributed by atoms with Crippen LogP contribution in [0.3, 0.4) is 0 Å². The number of aryl methyl sites for hydroxylation is 1. The van der Waals surface area contributed by atoms with Gasteiger partial charge in [-0.1, -0.05) is 23.7 Å². The second-order valence-corrected chi connectivity index (χ2v) is 4.38. The van der Waals surface area contributed by atoms with Gasteiger partial charge in [0.15, 0.2) is 11.6 Å². The zero-order valence-corrected chi connectivity index (χ0v) is 10.4. The summed E-state index contributed by atoms with van der Waals surface area (Å²) in [6, 6.07) is 3.72. The number of hydrogen-bond donors (Lipinski definition) is 1. The molecule has 0 saturated carbocycles. The Morgan fingerprint density at radius 2 is 1.89 bits per heavy atom. The van der Waals surface area contributed by atoms with E-state index in [1.165, 1.54) is 31.5 Å². The standard InChI is InChI=1S/C13H11ClF2N2/c1-7-2-3-9(12(16)11(7)15)13(17)8-4-5-18-6-10(8)14/h2-6,13H,17H2,1H3. The van der Waals surface area contributed by atoms with Crippen LogP contribution in [-0.2, 0) is 0 Å². The maximum Gasteiger partial charge on any atom is 0.164 e. The van der Waals surface area contributed by atoms with Crippen molar-refractivity contribution < 1.29 is 8.78 Å². The summed E-state index contributed by atoms with van der Waals surface area (Å²) in [7, 11) is 0. The van der Waals surface area contributed by atoms with E-state index in [0.29, 0.717) is 10.6 Å². The van der Waals surface area contributed by atoms with Gasteiger partial charge in [0.25, 0.3) is 0 Å². The predicted molar refractivity (Wildman–Crippen MR) is 66.4 cm³/mol. The van der Waals surface area contributed by atoms with Gasteiger partial charge in [0.1, 0.15) is 0 Å². The lowest BCUT2D eigenvalue weighted by atomic mass is 9.98. The van der Waals surface area contributed by atoms with Crippen LogP contribution in [0.5, 0.6) is 0 Å². The topological polar surface area (TPSA) is 38.9 Å². The van der Waals surface area contributed by atoms with E-state index in [-0.39, 0.29) is 11.1 Å². The third-order valence-corrected chi connectivity index (χ3v) is 3.10. The van der Waals surface area contributed by atoms with E-state index in [9.17, 15) is 8.78 Å². The summed E-state index contributed by atoms with van der Waals surface area (Å²) in [5.74, 6) is -1.82. The van der Waals surface area contributed by atoms with Crippen molar-refractivity contribution in [3.05, 3.63) is 63.9 Å². The van der Waals surface area contributed by atoms with Crippen molar-refractivity contribution in [1.29, 1.82) is 0 Å². The van der Waals surface area contributed by atoms with Crippen LogP contribution in [0.15, 0.2) is 30.6 Å². The normalized spacial score (nSPS) is 12.5. The van der Waals surface area contributed by atoms with Gasteiger partial charge in [-0.2, -0.15) is 0 Å². The third kappa shape index (κ3) is 2.21. The van der Waals surface area contributed by atoms with E-state index in [4.69, 9.17) is 17.3 Å². The van der Waals surface area contributed by atoms with Crippen LogP contribution < -0.4 is 5.73 Å². The molecular formula is C13H11ClF2N2. The summed E-state index contributed by atoms with van der Waals surface area (Å²) in [4.78, 5) is 3.82. The maximum absolute atomic E-state index is 13.8. The van der Waals surface area contributed by atoms with Crippen molar-refractivity contribution in [1.82, 2.24) is 4.98 Å². The van der Waals surface area contributed by atoms with E-state index in [2.05, 4.69) is 4.98 Å². The first-order chi connectivity index (χ1) is 8.52. The SMILES string of the molecule is Cc1ccc(C(N)c2ccncc2Cl)c(F)c1F. The Bertz CT molecular complexity index is 587. The largest absolute Gasteiger partial charge is 0.320 e. The van der Waals surface area contributed by atoms with Gasteiger partial charge in [0.2, 0.25) is 0 Å². The molecule has 0 bridgehead atoms. The van der Waals surface area contributed by atoms with Crippen LogP contribution in [0.1, 0.15) is 22.7 Å². The second kappa shape index (κ2) is 5.00. The van der Waals surface area contributed by atoms with Crippen LogP contribution in [-0.4, -0.2) is 4.98 Å². The van der Waals surface area contributed by atoms with Crippen molar-refractivity contribution >= 4 is 11.6 Å². The molecule has 2 nitrogen and oxygen atoms in total. The molecule has 2 aromatic rings. The average molecular weight is 269 g/mol. The van der Waals surface area contributed by atoms with E-state index < -0.39 is 17.7 Å². The van der Waals surface area contributed by atoms with Gasteiger partial charge < -0.3 is 5.73 Å². The van der Waals surface area contributed by atoms with Crippen LogP contribution in [0.2, 0.25) is 5.02 Å². The molecule has 5 heteroatoms. The highest BCUT2D eigenvalue weighted by molar-refractivity contribution is 6.31. The molecule has 1 unspecified atom stereocenters. The van der Waals surface area contributed by atoms with Crippen molar-refractivity contribution in [2.45, 2.75) is 13.0 Å². The Kier molecular flexibility index (Phi) is 3.59. The number of rotatable bonds is 2. The van der Waals surface area contributed by atoms with Gasteiger partial charge in [-0.25, -0.2) is 8.78 Å². The molecule has 1 heterocycles. The second-order valence-electron chi connectivity index (χ2n) is 3.97. The monoisotopic (exact) mass is 268 g/mol. The number of hydrogen-bond acceptors (Lipinski definition) is 2. The minimum atomic E-state index is -0.935. The lowest BCUT2D eigenvalue weighted by Gasteiger charge is -2.15. The first kappa shape index (κ1) is 12.9. The molecule has 1 aromatic carbocycles. The van der Waals surface area contributed by atoms with Crippen molar-refractivity contribution in [2.75, 3.05) is 0 Å². The molecule has 0 amide bonds. The Hall–Kier alpha value is -1.52. The smallest absolute Gasteiger partial charge is 0.164 e. The summed E-state index contributed by atoms with van der Waals surface area (Å²) >= 11 is 5.93. The molecule has 18 heavy (non-hydrogen) atoms. The first-order valence-electron chi connectivity index (χ1n) is 5.32. The molecule has 0 aliphatic carbocycles. The number of halogens is 3. The van der Waals surface area contributed by atoms with Crippen LogP contribution in [0.4, 0.5) is 8.78 Å².